The Balaban J connectivity index is 1.41. The summed E-state index contributed by atoms with van der Waals surface area (Å²) in [7, 11) is 0. The fourth-order valence-electron chi connectivity index (χ4n) is 5.14. The number of ether oxygens (including phenoxy) is 2. The fourth-order valence-corrected chi connectivity index (χ4v) is 5.46. The molecule has 2 aromatic rings. The van der Waals surface area contributed by atoms with Gasteiger partial charge in [-0.15, -0.1) is 0 Å². The molecular weight excluding hydrogens is 509 g/mol. The molecule has 0 unspecified atom stereocenters. The quantitative estimate of drug-likeness (QED) is 0.156. The summed E-state index contributed by atoms with van der Waals surface area (Å²) in [4.78, 5) is 37.0. The van der Waals surface area contributed by atoms with Crippen molar-refractivity contribution in [2.75, 3.05) is 6.61 Å². The molecule has 1 aliphatic heterocycles. The highest BCUT2D eigenvalue weighted by molar-refractivity contribution is 6.42. The van der Waals surface area contributed by atoms with Gasteiger partial charge in [0.2, 0.25) is 5.75 Å². The molecule has 2 aromatic carbocycles. The van der Waals surface area contributed by atoms with E-state index in [0.717, 1.165) is 11.4 Å². The fraction of sp³-hybridized carbons (Fsp3) is 0.320. The lowest BCUT2D eigenvalue weighted by Crippen LogP contribution is -2.28. The van der Waals surface area contributed by atoms with E-state index in [0.29, 0.717) is 15.6 Å². The van der Waals surface area contributed by atoms with E-state index in [4.69, 9.17) is 32.7 Å². The summed E-state index contributed by atoms with van der Waals surface area (Å²) in [5.41, 5.74) is 0.596. The molecule has 9 nitrogen and oxygen atoms in total. The number of hydrogen-bond donors (Lipinski definition) is 0. The zero-order valence-electron chi connectivity index (χ0n) is 19.1. The highest BCUT2D eigenvalue weighted by atomic mass is 35.5. The average molecular weight is 530 g/mol. The van der Waals surface area contributed by atoms with Gasteiger partial charge < -0.3 is 9.47 Å². The minimum Gasteiger partial charge on any atom is -0.490 e. The number of hydrogen-bond acceptors (Lipinski definition) is 7. The second-order valence-corrected chi connectivity index (χ2v) is 9.64. The highest BCUT2D eigenvalue weighted by Crippen LogP contribution is 2.52. The topological polar surface area (TPSA) is 111 Å². The zero-order valence-corrected chi connectivity index (χ0v) is 20.6. The molecule has 4 atom stereocenters. The van der Waals surface area contributed by atoms with Crippen LogP contribution in [0.15, 0.2) is 47.6 Å². The Morgan fingerprint density at radius 3 is 2.39 bits per heavy atom. The van der Waals surface area contributed by atoms with Crippen LogP contribution >= 0.6 is 23.2 Å². The molecular formula is C25H21Cl2N3O6. The zero-order chi connectivity index (χ0) is 25.6. The lowest BCUT2D eigenvalue weighted by molar-refractivity contribution is -0.386. The number of allylic oxidation sites excluding steroid dienone is 2. The predicted octanol–water partition coefficient (Wildman–Crippen LogP) is 5.02. The lowest BCUT2D eigenvalue weighted by Gasteiger charge is -2.14. The first-order valence-electron chi connectivity index (χ1n) is 11.4. The Morgan fingerprint density at radius 1 is 1.08 bits per heavy atom. The summed E-state index contributed by atoms with van der Waals surface area (Å²) in [5, 5.41) is 17.6. The molecule has 11 heteroatoms. The molecule has 0 N–H and O–H groups in total. The van der Waals surface area contributed by atoms with Gasteiger partial charge in [-0.3, -0.25) is 19.7 Å². The third-order valence-corrected chi connectivity index (χ3v) is 7.43. The number of carbonyl (C=O) groups is 2. The van der Waals surface area contributed by atoms with Gasteiger partial charge in [-0.1, -0.05) is 41.4 Å². The van der Waals surface area contributed by atoms with Crippen molar-refractivity contribution in [2.45, 2.75) is 20.0 Å². The van der Waals surface area contributed by atoms with E-state index in [1.807, 2.05) is 12.2 Å². The van der Waals surface area contributed by atoms with Crippen LogP contribution in [0.25, 0.3) is 0 Å². The van der Waals surface area contributed by atoms with Gasteiger partial charge >= 0.3 is 5.69 Å². The van der Waals surface area contributed by atoms with Gasteiger partial charge in [-0.25, -0.2) is 0 Å². The predicted molar refractivity (Wildman–Crippen MR) is 132 cm³/mol. The van der Waals surface area contributed by atoms with Crippen molar-refractivity contribution < 1.29 is 24.0 Å². The third kappa shape index (κ3) is 4.22. The molecule has 0 radical (unpaired) electrons. The van der Waals surface area contributed by atoms with Crippen molar-refractivity contribution in [2.24, 2.45) is 28.8 Å². The molecule has 5 rings (SSSR count). The number of nitrogens with zero attached hydrogens (tertiary/aromatic N) is 3. The largest absolute Gasteiger partial charge is 0.490 e. The summed E-state index contributed by atoms with van der Waals surface area (Å²) < 4.78 is 11.4. The van der Waals surface area contributed by atoms with Crippen LogP contribution in [-0.2, 0) is 16.2 Å². The monoisotopic (exact) mass is 529 g/mol. The van der Waals surface area contributed by atoms with E-state index in [1.54, 1.807) is 25.1 Å². The van der Waals surface area contributed by atoms with E-state index in [1.165, 1.54) is 18.3 Å². The van der Waals surface area contributed by atoms with Crippen LogP contribution in [0.1, 0.15) is 24.5 Å². The van der Waals surface area contributed by atoms with Crippen molar-refractivity contribution >= 4 is 46.9 Å². The molecule has 1 saturated heterocycles. The number of carbonyl (C=O) groups excluding carboxylic acids is 2. The molecule has 3 aliphatic rings. The number of halogens is 2. The highest BCUT2D eigenvalue weighted by Gasteiger charge is 2.59. The van der Waals surface area contributed by atoms with E-state index >= 15 is 0 Å². The molecule has 2 fully saturated rings. The second kappa shape index (κ2) is 9.55. The molecule has 0 aromatic heterocycles. The van der Waals surface area contributed by atoms with Crippen LogP contribution in [0.3, 0.4) is 0 Å². The minimum absolute atomic E-state index is 0.0127. The molecule has 2 aliphatic carbocycles. The summed E-state index contributed by atoms with van der Waals surface area (Å²) in [6.07, 6.45) is 6.07. The lowest BCUT2D eigenvalue weighted by atomic mass is 9.85. The minimum atomic E-state index is -0.593. The maximum absolute atomic E-state index is 12.9. The molecule has 1 heterocycles. The standard InChI is InChI=1S/C25H21Cl2N3O6/c1-2-35-20-9-14(11-28-29-24(31)21-15-4-5-16(10-15)22(21)25(29)32)8-19(30(33)34)23(20)36-12-13-3-6-17(26)18(27)7-13/h3-9,11,15-16,21-22H,2,10,12H2,1H3/t15-,16-,21-,22+/m0/s1. The molecule has 2 amide bonds. The van der Waals surface area contributed by atoms with E-state index in [2.05, 4.69) is 5.10 Å². The number of nitro groups is 1. The van der Waals surface area contributed by atoms with Gasteiger partial charge in [0.1, 0.15) is 6.61 Å². The van der Waals surface area contributed by atoms with Gasteiger partial charge in [0.25, 0.3) is 11.8 Å². The normalized spacial score (nSPS) is 24.1. The Kier molecular flexibility index (Phi) is 6.44. The maximum atomic E-state index is 12.9. The van der Waals surface area contributed by atoms with Crippen LogP contribution < -0.4 is 9.47 Å². The van der Waals surface area contributed by atoms with Gasteiger partial charge in [-0.2, -0.15) is 10.1 Å². The van der Waals surface area contributed by atoms with Crippen LogP contribution in [0, 0.1) is 33.8 Å². The van der Waals surface area contributed by atoms with E-state index in [-0.39, 0.29) is 71.4 Å². The van der Waals surface area contributed by atoms with Crippen molar-refractivity contribution in [3.05, 3.63) is 73.8 Å². The van der Waals surface area contributed by atoms with Crippen LogP contribution in [0.5, 0.6) is 11.5 Å². The maximum Gasteiger partial charge on any atom is 0.315 e. The van der Waals surface area contributed by atoms with Gasteiger partial charge in [-0.05, 0) is 48.9 Å². The molecule has 1 saturated carbocycles. The number of fused-ring (bicyclic) bond motifs is 5. The number of amides is 2. The van der Waals surface area contributed by atoms with Gasteiger partial charge in [0.05, 0.1) is 39.6 Å². The first-order chi connectivity index (χ1) is 17.3. The Hall–Kier alpha value is -3.43. The summed E-state index contributed by atoms with van der Waals surface area (Å²) >= 11 is 12.0. The Bertz CT molecular complexity index is 1300. The Labute approximate surface area is 216 Å². The van der Waals surface area contributed by atoms with Gasteiger partial charge in [0.15, 0.2) is 5.75 Å². The number of nitro benzene ring substituents is 1. The SMILES string of the molecule is CCOc1cc(C=NN2C(=O)[C@@H]3[C@H](C2=O)[C@H]2C=C[C@H]3C2)cc([N+](=O)[O-])c1OCc1ccc(Cl)c(Cl)c1. The van der Waals surface area contributed by atoms with Crippen molar-refractivity contribution in [1.29, 1.82) is 0 Å². The van der Waals surface area contributed by atoms with Crippen LogP contribution in [0.2, 0.25) is 10.0 Å². The Morgan fingerprint density at radius 2 is 1.78 bits per heavy atom. The van der Waals surface area contributed by atoms with Crippen LogP contribution in [-0.4, -0.2) is 34.6 Å². The first kappa shape index (κ1) is 24.3. The first-order valence-corrected chi connectivity index (χ1v) is 12.2. The third-order valence-electron chi connectivity index (χ3n) is 6.69. The van der Waals surface area contributed by atoms with E-state index < -0.39 is 4.92 Å². The van der Waals surface area contributed by atoms with Crippen LogP contribution in [0.4, 0.5) is 5.69 Å². The second-order valence-electron chi connectivity index (χ2n) is 8.83. The number of rotatable bonds is 8. The summed E-state index contributed by atoms with van der Waals surface area (Å²) in [5.74, 6) is -1.23. The molecule has 36 heavy (non-hydrogen) atoms. The number of hydrazone groups is 1. The molecule has 186 valence electrons. The van der Waals surface area contributed by atoms with Gasteiger partial charge in [0, 0.05) is 11.6 Å². The summed E-state index contributed by atoms with van der Waals surface area (Å²) in [6, 6.07) is 7.69. The molecule has 2 bridgehead atoms. The van der Waals surface area contributed by atoms with Crippen molar-refractivity contribution in [3.8, 4) is 11.5 Å². The van der Waals surface area contributed by atoms with Crippen molar-refractivity contribution in [3.63, 3.8) is 0 Å². The van der Waals surface area contributed by atoms with Crippen molar-refractivity contribution in [1.82, 2.24) is 5.01 Å². The number of benzene rings is 2. The van der Waals surface area contributed by atoms with E-state index in [9.17, 15) is 19.7 Å². The molecule has 0 spiro atoms. The summed E-state index contributed by atoms with van der Waals surface area (Å²) in [6.45, 7) is 1.95. The smallest absolute Gasteiger partial charge is 0.315 e. The number of imide groups is 1. The average Bonchev–Trinajstić information content (AvgIpc) is 3.53.